The molecule has 1 atom stereocenters. The monoisotopic (exact) mass is 472 g/mol. The summed E-state index contributed by atoms with van der Waals surface area (Å²) in [5, 5.41) is 10.9. The molecule has 166 valence electrons. The first kappa shape index (κ1) is 20.8. The maximum atomic E-state index is 6.02. The molecule has 0 bridgehead atoms. The molecule has 0 saturated carbocycles. The number of aliphatic imine (C=N–C) groups is 1. The SMILES string of the molecule is Cc1nnc2n1-c1sc3c(c1C(c1ccc(CCc4ccc(Cl)cc4)cc1)=NC2C)CCC3. The molecule has 0 fully saturated rings. The second-order valence-corrected chi connectivity index (χ2v) is 10.5. The Morgan fingerprint density at radius 2 is 1.67 bits per heavy atom. The van der Waals surface area contributed by atoms with E-state index in [-0.39, 0.29) is 6.04 Å². The minimum Gasteiger partial charge on any atom is -0.273 e. The van der Waals surface area contributed by atoms with Crippen molar-refractivity contribution >= 4 is 28.6 Å². The highest BCUT2D eigenvalue weighted by Gasteiger charge is 2.32. The number of rotatable bonds is 4. The van der Waals surface area contributed by atoms with Crippen LogP contribution in [0.15, 0.2) is 53.5 Å². The van der Waals surface area contributed by atoms with E-state index in [2.05, 4.69) is 58.1 Å². The van der Waals surface area contributed by atoms with Crippen LogP contribution >= 0.6 is 22.9 Å². The van der Waals surface area contributed by atoms with Crippen molar-refractivity contribution in [3.8, 4) is 5.00 Å². The zero-order chi connectivity index (χ0) is 22.5. The average Bonchev–Trinajstić information content (AvgIpc) is 3.50. The molecule has 1 aliphatic carbocycles. The maximum absolute atomic E-state index is 6.02. The van der Waals surface area contributed by atoms with Gasteiger partial charge >= 0.3 is 0 Å². The first-order chi connectivity index (χ1) is 16.1. The van der Waals surface area contributed by atoms with E-state index >= 15 is 0 Å². The van der Waals surface area contributed by atoms with Gasteiger partial charge < -0.3 is 0 Å². The number of benzene rings is 2. The van der Waals surface area contributed by atoms with Crippen molar-refractivity contribution in [2.45, 2.75) is 52.0 Å². The van der Waals surface area contributed by atoms with Gasteiger partial charge in [0, 0.05) is 21.0 Å². The Labute approximate surface area is 203 Å². The number of aryl methyl sites for hydroxylation is 4. The predicted molar refractivity (Wildman–Crippen MR) is 135 cm³/mol. The molecule has 0 spiro atoms. The Bertz CT molecular complexity index is 1360. The van der Waals surface area contributed by atoms with Crippen LogP contribution in [0.5, 0.6) is 0 Å². The van der Waals surface area contributed by atoms with E-state index in [9.17, 15) is 0 Å². The van der Waals surface area contributed by atoms with Gasteiger partial charge in [0.15, 0.2) is 5.82 Å². The van der Waals surface area contributed by atoms with Gasteiger partial charge in [-0.15, -0.1) is 21.5 Å². The third-order valence-electron chi connectivity index (χ3n) is 6.73. The molecule has 0 N–H and O–H groups in total. The zero-order valence-corrected chi connectivity index (χ0v) is 20.4. The van der Waals surface area contributed by atoms with Crippen LogP contribution in [0.4, 0.5) is 0 Å². The van der Waals surface area contributed by atoms with Gasteiger partial charge in [-0.25, -0.2) is 0 Å². The summed E-state index contributed by atoms with van der Waals surface area (Å²) in [7, 11) is 0. The second kappa shape index (κ2) is 8.23. The predicted octanol–water partition coefficient (Wildman–Crippen LogP) is 6.48. The van der Waals surface area contributed by atoms with E-state index < -0.39 is 0 Å². The molecule has 1 unspecified atom stereocenters. The topological polar surface area (TPSA) is 43.1 Å². The normalized spacial score (nSPS) is 16.7. The van der Waals surface area contributed by atoms with E-state index in [4.69, 9.17) is 16.6 Å². The molecule has 4 nitrogen and oxygen atoms in total. The highest BCUT2D eigenvalue weighted by atomic mass is 35.5. The summed E-state index contributed by atoms with van der Waals surface area (Å²) in [5.74, 6) is 1.87. The van der Waals surface area contributed by atoms with Gasteiger partial charge in [-0.05, 0) is 74.8 Å². The second-order valence-electron chi connectivity index (χ2n) is 8.96. The fourth-order valence-electron chi connectivity index (χ4n) is 5.00. The third-order valence-corrected chi connectivity index (χ3v) is 8.26. The summed E-state index contributed by atoms with van der Waals surface area (Å²) < 4.78 is 2.24. The van der Waals surface area contributed by atoms with Crippen molar-refractivity contribution in [1.29, 1.82) is 0 Å². The van der Waals surface area contributed by atoms with Crippen LogP contribution in [0.25, 0.3) is 5.00 Å². The molecule has 2 aromatic heterocycles. The number of hydrogen-bond acceptors (Lipinski definition) is 4. The van der Waals surface area contributed by atoms with Crippen LogP contribution in [-0.2, 0) is 25.7 Å². The number of nitrogens with zero attached hydrogens (tertiary/aromatic N) is 4. The van der Waals surface area contributed by atoms with Gasteiger partial charge in [0.25, 0.3) is 0 Å². The lowest BCUT2D eigenvalue weighted by molar-refractivity contribution is 0.724. The summed E-state index contributed by atoms with van der Waals surface area (Å²) in [4.78, 5) is 6.71. The van der Waals surface area contributed by atoms with Crippen molar-refractivity contribution < 1.29 is 0 Å². The minimum atomic E-state index is -0.0394. The lowest BCUT2D eigenvalue weighted by Gasteiger charge is -2.11. The molecule has 3 heterocycles. The molecule has 0 saturated heterocycles. The number of fused-ring (bicyclic) bond motifs is 5. The highest BCUT2D eigenvalue weighted by Crippen LogP contribution is 2.42. The maximum Gasteiger partial charge on any atom is 0.162 e. The van der Waals surface area contributed by atoms with E-state index in [0.717, 1.165) is 48.1 Å². The van der Waals surface area contributed by atoms with E-state index in [1.807, 2.05) is 30.4 Å². The summed E-state index contributed by atoms with van der Waals surface area (Å²) in [6.07, 6.45) is 5.53. The molecule has 2 aromatic carbocycles. The molecule has 2 aliphatic rings. The van der Waals surface area contributed by atoms with E-state index in [1.165, 1.54) is 44.1 Å². The standard InChI is InChI=1S/C27H25ClN4S/c1-16-26-31-30-17(2)32(26)27-24(22-4-3-5-23(22)33-27)25(29-16)20-12-8-18(9-13-20)6-7-19-10-14-21(28)15-11-19/h8-16H,3-7H2,1-2H3. The molecule has 0 amide bonds. The summed E-state index contributed by atoms with van der Waals surface area (Å²) in [5.41, 5.74) is 7.71. The van der Waals surface area contributed by atoms with Crippen LogP contribution in [0, 0.1) is 6.92 Å². The van der Waals surface area contributed by atoms with Gasteiger partial charge in [0.1, 0.15) is 16.9 Å². The molecular formula is C27H25ClN4S. The fourth-order valence-corrected chi connectivity index (χ4v) is 6.57. The van der Waals surface area contributed by atoms with Crippen LogP contribution in [0.2, 0.25) is 5.02 Å². The lowest BCUT2D eigenvalue weighted by atomic mass is 9.97. The van der Waals surface area contributed by atoms with Gasteiger partial charge in [-0.3, -0.25) is 9.56 Å². The van der Waals surface area contributed by atoms with Crippen molar-refractivity contribution in [2.24, 2.45) is 4.99 Å². The van der Waals surface area contributed by atoms with Crippen molar-refractivity contribution in [2.75, 3.05) is 0 Å². The number of aromatic nitrogens is 3. The fraction of sp³-hybridized carbons (Fsp3) is 0.296. The summed E-state index contributed by atoms with van der Waals surface area (Å²) in [6.45, 7) is 4.16. The van der Waals surface area contributed by atoms with Crippen LogP contribution in [0.3, 0.4) is 0 Å². The van der Waals surface area contributed by atoms with Crippen molar-refractivity contribution in [1.82, 2.24) is 14.8 Å². The molecular weight excluding hydrogens is 448 g/mol. The van der Waals surface area contributed by atoms with Gasteiger partial charge in [0.05, 0.1) is 5.71 Å². The Kier molecular flexibility index (Phi) is 5.19. The van der Waals surface area contributed by atoms with Crippen molar-refractivity contribution in [3.63, 3.8) is 0 Å². The number of hydrogen-bond donors (Lipinski definition) is 0. The Morgan fingerprint density at radius 1 is 0.970 bits per heavy atom. The number of halogens is 1. The van der Waals surface area contributed by atoms with Gasteiger partial charge in [0.2, 0.25) is 0 Å². The van der Waals surface area contributed by atoms with Crippen LogP contribution in [-0.4, -0.2) is 20.5 Å². The molecule has 33 heavy (non-hydrogen) atoms. The lowest BCUT2D eigenvalue weighted by Crippen LogP contribution is -2.08. The van der Waals surface area contributed by atoms with E-state index in [0.29, 0.717) is 0 Å². The minimum absolute atomic E-state index is 0.0394. The molecule has 6 heteroatoms. The summed E-state index contributed by atoms with van der Waals surface area (Å²) in [6, 6.07) is 17.1. The first-order valence-electron chi connectivity index (χ1n) is 11.6. The first-order valence-corrected chi connectivity index (χ1v) is 12.8. The summed E-state index contributed by atoms with van der Waals surface area (Å²) >= 11 is 7.92. The molecule has 4 aromatic rings. The van der Waals surface area contributed by atoms with Gasteiger partial charge in [-0.2, -0.15) is 0 Å². The Hall–Kier alpha value is -2.76. The Morgan fingerprint density at radius 3 is 2.39 bits per heavy atom. The molecule has 0 radical (unpaired) electrons. The Balaban J connectivity index is 1.35. The smallest absolute Gasteiger partial charge is 0.162 e. The van der Waals surface area contributed by atoms with Crippen molar-refractivity contribution in [3.05, 3.63) is 97.9 Å². The zero-order valence-electron chi connectivity index (χ0n) is 18.8. The number of thiophene rings is 1. The van der Waals surface area contributed by atoms with Crippen LogP contribution in [0.1, 0.15) is 63.7 Å². The average molecular weight is 473 g/mol. The largest absolute Gasteiger partial charge is 0.273 e. The highest BCUT2D eigenvalue weighted by molar-refractivity contribution is 7.15. The third kappa shape index (κ3) is 3.64. The van der Waals surface area contributed by atoms with Crippen LogP contribution < -0.4 is 0 Å². The molecule has 1 aliphatic heterocycles. The molecule has 6 rings (SSSR count). The van der Waals surface area contributed by atoms with Gasteiger partial charge in [-0.1, -0.05) is 48.0 Å². The quantitative estimate of drug-likeness (QED) is 0.341. The van der Waals surface area contributed by atoms with E-state index in [1.54, 1.807) is 0 Å².